The number of Topliss-reactive ketones (excluding diaryl/α,β-unsaturated/α-hetero) is 1. The van der Waals surface area contributed by atoms with Gasteiger partial charge in [-0.25, -0.2) is 4.68 Å². The molecular weight excluding hydrogens is 296 g/mol. The Morgan fingerprint density at radius 1 is 1.00 bits per heavy atom. The lowest BCUT2D eigenvalue weighted by atomic mass is 10.2. The third-order valence-electron chi connectivity index (χ3n) is 3.19. The van der Waals surface area contributed by atoms with Crippen LogP contribution in [0.2, 0.25) is 0 Å². The zero-order valence-corrected chi connectivity index (χ0v) is 12.8. The largest absolute Gasteiger partial charge is 0.294 e. The van der Waals surface area contributed by atoms with Crippen LogP contribution in [0.15, 0.2) is 75.4 Å². The number of aromatic nitrogens is 2. The van der Waals surface area contributed by atoms with E-state index in [0.29, 0.717) is 10.7 Å². The summed E-state index contributed by atoms with van der Waals surface area (Å²) < 4.78 is 1.40. The van der Waals surface area contributed by atoms with Gasteiger partial charge in [-0.05, 0) is 31.2 Å². The maximum absolute atomic E-state index is 12.5. The first-order chi connectivity index (χ1) is 10.7. The minimum absolute atomic E-state index is 0.192. The Kier molecular flexibility index (Phi) is 3.98. The van der Waals surface area contributed by atoms with E-state index >= 15 is 0 Å². The van der Waals surface area contributed by atoms with Crippen LogP contribution < -0.4 is 5.56 Å². The van der Waals surface area contributed by atoms with Crippen molar-refractivity contribution in [3.05, 3.63) is 76.6 Å². The van der Waals surface area contributed by atoms with Gasteiger partial charge < -0.3 is 0 Å². The first-order valence-electron chi connectivity index (χ1n) is 6.81. The highest BCUT2D eigenvalue weighted by Gasteiger charge is 2.19. The minimum atomic E-state index is -0.322. The fourth-order valence-corrected chi connectivity index (χ4v) is 3.17. The van der Waals surface area contributed by atoms with Gasteiger partial charge in [-0.3, -0.25) is 14.7 Å². The summed E-state index contributed by atoms with van der Waals surface area (Å²) in [5.41, 5.74) is 0.574. The van der Waals surface area contributed by atoms with Crippen LogP contribution >= 0.6 is 11.8 Å². The molecule has 0 aliphatic rings. The lowest BCUT2D eigenvalue weighted by Gasteiger charge is -2.01. The number of hydrogen-bond acceptors (Lipinski definition) is 3. The topological polar surface area (TPSA) is 54.9 Å². The van der Waals surface area contributed by atoms with E-state index in [1.807, 2.05) is 60.7 Å². The van der Waals surface area contributed by atoms with Crippen molar-refractivity contribution in [2.75, 3.05) is 0 Å². The van der Waals surface area contributed by atoms with Crippen LogP contribution in [-0.2, 0) is 0 Å². The molecule has 2 aromatic carbocycles. The van der Waals surface area contributed by atoms with Crippen molar-refractivity contribution in [2.45, 2.75) is 16.8 Å². The molecule has 0 saturated heterocycles. The normalized spacial score (nSPS) is 10.6. The molecule has 0 saturated carbocycles. The summed E-state index contributed by atoms with van der Waals surface area (Å²) in [7, 11) is 0. The van der Waals surface area contributed by atoms with Gasteiger partial charge in [-0.15, -0.1) is 0 Å². The molecule has 1 heterocycles. The predicted octanol–water partition coefficient (Wildman–Crippen LogP) is 3.52. The molecule has 0 atom stereocenters. The Balaban J connectivity index is 2.10. The van der Waals surface area contributed by atoms with Crippen molar-refractivity contribution in [1.82, 2.24) is 9.78 Å². The van der Waals surface area contributed by atoms with Crippen LogP contribution in [0.1, 0.15) is 17.3 Å². The Morgan fingerprint density at radius 2 is 1.59 bits per heavy atom. The van der Waals surface area contributed by atoms with Crippen molar-refractivity contribution in [2.24, 2.45) is 0 Å². The van der Waals surface area contributed by atoms with Crippen molar-refractivity contribution in [3.63, 3.8) is 0 Å². The molecule has 110 valence electrons. The summed E-state index contributed by atoms with van der Waals surface area (Å²) in [6.45, 7) is 1.41. The van der Waals surface area contributed by atoms with Crippen LogP contribution in [0, 0.1) is 0 Å². The molecule has 3 aromatic rings. The van der Waals surface area contributed by atoms with Gasteiger partial charge in [0.25, 0.3) is 5.56 Å². The molecule has 4 nitrogen and oxygen atoms in total. The van der Waals surface area contributed by atoms with E-state index in [-0.39, 0.29) is 16.9 Å². The first-order valence-corrected chi connectivity index (χ1v) is 7.63. The van der Waals surface area contributed by atoms with Crippen LogP contribution in [0.4, 0.5) is 0 Å². The summed E-state index contributed by atoms with van der Waals surface area (Å²) in [5, 5.41) is 3.61. The lowest BCUT2D eigenvalue weighted by molar-refractivity contribution is 0.101. The molecule has 1 aromatic heterocycles. The number of aromatic amines is 1. The Labute approximate surface area is 131 Å². The third-order valence-corrected chi connectivity index (χ3v) is 4.19. The molecule has 0 unspecified atom stereocenters. The van der Waals surface area contributed by atoms with Gasteiger partial charge >= 0.3 is 0 Å². The zero-order valence-electron chi connectivity index (χ0n) is 11.9. The Morgan fingerprint density at radius 3 is 2.18 bits per heavy atom. The highest BCUT2D eigenvalue weighted by atomic mass is 32.2. The number of ketones is 1. The fraction of sp³-hybridized carbons (Fsp3) is 0.0588. The van der Waals surface area contributed by atoms with Gasteiger partial charge in [0.2, 0.25) is 0 Å². The van der Waals surface area contributed by atoms with E-state index in [0.717, 1.165) is 4.90 Å². The fourth-order valence-electron chi connectivity index (χ4n) is 2.17. The summed E-state index contributed by atoms with van der Waals surface area (Å²) in [6, 6.07) is 18.8. The van der Waals surface area contributed by atoms with E-state index in [1.54, 1.807) is 0 Å². The molecule has 5 heteroatoms. The van der Waals surface area contributed by atoms with Crippen molar-refractivity contribution >= 4 is 17.5 Å². The molecule has 3 rings (SSSR count). The summed E-state index contributed by atoms with van der Waals surface area (Å²) in [4.78, 5) is 25.4. The second-order valence-corrected chi connectivity index (χ2v) is 5.85. The molecule has 1 N–H and O–H groups in total. The zero-order chi connectivity index (χ0) is 15.5. The second kappa shape index (κ2) is 6.07. The highest BCUT2D eigenvalue weighted by molar-refractivity contribution is 7.99. The predicted molar refractivity (Wildman–Crippen MR) is 87.0 cm³/mol. The quantitative estimate of drug-likeness (QED) is 0.750. The van der Waals surface area contributed by atoms with Gasteiger partial charge in [-0.1, -0.05) is 48.2 Å². The Hall–Kier alpha value is -2.53. The standard InChI is InChI=1S/C17H14N2O2S/c1-12(20)15-16(22-14-10-6-3-7-11-14)18-19(17(15)21)13-8-4-2-5-9-13/h2-11,18H,1H3. The SMILES string of the molecule is CC(=O)c1c(Sc2ccccc2)[nH]n(-c2ccccc2)c1=O. The van der Waals surface area contributed by atoms with E-state index in [9.17, 15) is 9.59 Å². The van der Waals surface area contributed by atoms with Crippen LogP contribution in [0.3, 0.4) is 0 Å². The van der Waals surface area contributed by atoms with Crippen LogP contribution in [0.25, 0.3) is 5.69 Å². The average molecular weight is 310 g/mol. The van der Waals surface area contributed by atoms with Gasteiger partial charge in [0, 0.05) is 4.90 Å². The maximum Gasteiger partial charge on any atom is 0.283 e. The number of carbonyl (C=O) groups excluding carboxylic acids is 1. The number of para-hydroxylation sites is 1. The van der Waals surface area contributed by atoms with Crippen LogP contribution in [-0.4, -0.2) is 15.6 Å². The number of benzene rings is 2. The average Bonchev–Trinajstić information content (AvgIpc) is 2.85. The summed E-state index contributed by atoms with van der Waals surface area (Å²) in [6.07, 6.45) is 0. The molecular formula is C17H14N2O2S. The Bertz CT molecular complexity index is 851. The molecule has 22 heavy (non-hydrogen) atoms. The van der Waals surface area contributed by atoms with E-state index in [1.165, 1.54) is 23.4 Å². The molecule has 0 amide bonds. The molecule has 0 aliphatic heterocycles. The number of nitrogens with one attached hydrogen (secondary N) is 1. The number of nitrogens with zero attached hydrogens (tertiary/aromatic N) is 1. The van der Waals surface area contributed by atoms with E-state index in [2.05, 4.69) is 5.10 Å². The monoisotopic (exact) mass is 310 g/mol. The van der Waals surface area contributed by atoms with Gasteiger partial charge in [0.1, 0.15) is 10.6 Å². The molecule has 0 aliphatic carbocycles. The van der Waals surface area contributed by atoms with Crippen LogP contribution in [0.5, 0.6) is 0 Å². The second-order valence-electron chi connectivity index (χ2n) is 4.76. The molecule has 0 fully saturated rings. The van der Waals surface area contributed by atoms with Gasteiger partial charge in [-0.2, -0.15) is 0 Å². The number of rotatable bonds is 4. The van der Waals surface area contributed by atoms with E-state index in [4.69, 9.17) is 0 Å². The highest BCUT2D eigenvalue weighted by Crippen LogP contribution is 2.28. The molecule has 0 radical (unpaired) electrons. The third kappa shape index (κ3) is 2.76. The molecule has 0 spiro atoms. The van der Waals surface area contributed by atoms with Crippen molar-refractivity contribution in [1.29, 1.82) is 0 Å². The smallest absolute Gasteiger partial charge is 0.283 e. The number of H-pyrrole nitrogens is 1. The van der Waals surface area contributed by atoms with E-state index < -0.39 is 0 Å². The number of hydrogen-bond donors (Lipinski definition) is 1. The minimum Gasteiger partial charge on any atom is -0.294 e. The summed E-state index contributed by atoms with van der Waals surface area (Å²) >= 11 is 1.37. The van der Waals surface area contributed by atoms with Crippen molar-refractivity contribution in [3.8, 4) is 5.69 Å². The first kappa shape index (κ1) is 14.4. The molecule has 0 bridgehead atoms. The lowest BCUT2D eigenvalue weighted by Crippen LogP contribution is -2.19. The van der Waals surface area contributed by atoms with Gasteiger partial charge in [0.15, 0.2) is 5.78 Å². The van der Waals surface area contributed by atoms with Crippen molar-refractivity contribution < 1.29 is 4.79 Å². The summed E-state index contributed by atoms with van der Waals surface area (Å²) in [5.74, 6) is -0.241. The maximum atomic E-state index is 12.5. The number of carbonyl (C=O) groups is 1. The van der Waals surface area contributed by atoms with Gasteiger partial charge in [0.05, 0.1) is 5.69 Å².